The third kappa shape index (κ3) is 3.55. The van der Waals surface area contributed by atoms with Crippen molar-refractivity contribution in [2.45, 2.75) is 32.2 Å². The van der Waals surface area contributed by atoms with Gasteiger partial charge in [0, 0.05) is 13.1 Å². The number of piperidine rings is 1. The molecule has 0 aromatic heterocycles. The summed E-state index contributed by atoms with van der Waals surface area (Å²) in [7, 11) is 2.23. The number of benzene rings is 1. The highest BCUT2D eigenvalue weighted by atomic mass is 15.1. The Bertz CT molecular complexity index is 331. The topological polar surface area (TPSA) is 15.3 Å². The van der Waals surface area contributed by atoms with Crippen LogP contribution in [0.4, 0.5) is 0 Å². The maximum absolute atomic E-state index is 3.36. The van der Waals surface area contributed by atoms with Gasteiger partial charge in [0.15, 0.2) is 0 Å². The lowest BCUT2D eigenvalue weighted by Gasteiger charge is -2.30. The second-order valence-corrected chi connectivity index (χ2v) is 5.12. The molecule has 0 spiro atoms. The van der Waals surface area contributed by atoms with Crippen LogP contribution >= 0.6 is 0 Å². The molecule has 1 fully saturated rings. The minimum atomic E-state index is 0.738. The molecular formula is C15H24N2. The van der Waals surface area contributed by atoms with Gasteiger partial charge in [-0.05, 0) is 50.0 Å². The molecule has 1 aromatic carbocycles. The van der Waals surface area contributed by atoms with Crippen molar-refractivity contribution in [3.05, 3.63) is 35.4 Å². The van der Waals surface area contributed by atoms with E-state index >= 15 is 0 Å². The summed E-state index contributed by atoms with van der Waals surface area (Å²) in [6, 6.07) is 9.17. The van der Waals surface area contributed by atoms with E-state index in [9.17, 15) is 0 Å². The highest BCUT2D eigenvalue weighted by Gasteiger charge is 2.18. The molecule has 1 heterocycles. The van der Waals surface area contributed by atoms with Gasteiger partial charge in [-0.2, -0.15) is 0 Å². The van der Waals surface area contributed by atoms with Crippen molar-refractivity contribution >= 4 is 0 Å². The first kappa shape index (κ1) is 12.6. The zero-order valence-electron chi connectivity index (χ0n) is 11.1. The Morgan fingerprint density at radius 2 is 2.06 bits per heavy atom. The minimum Gasteiger partial charge on any atom is -0.313 e. The first-order valence-electron chi connectivity index (χ1n) is 6.77. The van der Waals surface area contributed by atoms with Crippen molar-refractivity contribution in [1.82, 2.24) is 10.2 Å². The van der Waals surface area contributed by atoms with E-state index in [0.29, 0.717) is 0 Å². The molecule has 17 heavy (non-hydrogen) atoms. The first-order valence-corrected chi connectivity index (χ1v) is 6.77. The summed E-state index contributed by atoms with van der Waals surface area (Å²) >= 11 is 0. The van der Waals surface area contributed by atoms with Crippen LogP contribution < -0.4 is 5.32 Å². The molecule has 0 bridgehead atoms. The maximum atomic E-state index is 3.36. The lowest BCUT2D eigenvalue weighted by Crippen LogP contribution is -2.30. The van der Waals surface area contributed by atoms with E-state index in [2.05, 4.69) is 48.5 Å². The third-order valence-corrected chi connectivity index (χ3v) is 3.65. The van der Waals surface area contributed by atoms with Gasteiger partial charge in [-0.3, -0.25) is 0 Å². The smallest absolute Gasteiger partial charge is 0.0205 e. The zero-order valence-corrected chi connectivity index (χ0v) is 11.1. The van der Waals surface area contributed by atoms with Crippen molar-refractivity contribution < 1.29 is 0 Å². The summed E-state index contributed by atoms with van der Waals surface area (Å²) in [6.45, 7) is 6.64. The first-order chi connectivity index (χ1) is 8.29. The Hall–Kier alpha value is -0.860. The predicted octanol–water partition coefficient (Wildman–Crippen LogP) is 2.61. The molecule has 1 aromatic rings. The fraction of sp³-hybridized carbons (Fsp3) is 0.600. The molecule has 0 saturated carbocycles. The predicted molar refractivity (Wildman–Crippen MR) is 73.3 cm³/mol. The average molecular weight is 232 g/mol. The quantitative estimate of drug-likeness (QED) is 0.858. The zero-order chi connectivity index (χ0) is 12.1. The van der Waals surface area contributed by atoms with Crippen molar-refractivity contribution in [2.24, 2.45) is 0 Å². The molecule has 1 aliphatic rings. The lowest BCUT2D eigenvalue weighted by atomic mass is 9.90. The van der Waals surface area contributed by atoms with Gasteiger partial charge in [0.1, 0.15) is 0 Å². The second kappa shape index (κ2) is 6.18. The van der Waals surface area contributed by atoms with E-state index < -0.39 is 0 Å². The summed E-state index contributed by atoms with van der Waals surface area (Å²) < 4.78 is 0. The standard InChI is InChI=1S/C15H24N2/c1-3-16-11-13-6-8-14(9-7-13)15-5-4-10-17(2)12-15/h6-9,15-16H,3-5,10-12H2,1-2H3. The number of hydrogen-bond donors (Lipinski definition) is 1. The molecule has 94 valence electrons. The molecule has 1 aliphatic heterocycles. The largest absolute Gasteiger partial charge is 0.313 e. The fourth-order valence-electron chi connectivity index (χ4n) is 2.62. The van der Waals surface area contributed by atoms with Crippen LogP contribution in [0.3, 0.4) is 0 Å². The van der Waals surface area contributed by atoms with Crippen LogP contribution in [0.15, 0.2) is 24.3 Å². The monoisotopic (exact) mass is 232 g/mol. The number of likely N-dealkylation sites (tertiary alicyclic amines) is 1. The summed E-state index contributed by atoms with van der Waals surface area (Å²) in [4.78, 5) is 2.45. The number of hydrogen-bond acceptors (Lipinski definition) is 2. The fourth-order valence-corrected chi connectivity index (χ4v) is 2.62. The van der Waals surface area contributed by atoms with Crippen LogP contribution in [0.5, 0.6) is 0 Å². The Labute approximate surface area is 105 Å². The normalized spacial score (nSPS) is 21.6. The Morgan fingerprint density at radius 3 is 2.71 bits per heavy atom. The van der Waals surface area contributed by atoms with Crippen LogP contribution in [0, 0.1) is 0 Å². The minimum absolute atomic E-state index is 0.738. The molecule has 0 amide bonds. The van der Waals surface area contributed by atoms with E-state index in [1.54, 1.807) is 0 Å². The van der Waals surface area contributed by atoms with Gasteiger partial charge in [-0.15, -0.1) is 0 Å². The number of nitrogens with zero attached hydrogens (tertiary/aromatic N) is 1. The molecular weight excluding hydrogens is 208 g/mol. The van der Waals surface area contributed by atoms with Gasteiger partial charge in [-0.25, -0.2) is 0 Å². The van der Waals surface area contributed by atoms with Gasteiger partial charge in [0.05, 0.1) is 0 Å². The maximum Gasteiger partial charge on any atom is 0.0205 e. The van der Waals surface area contributed by atoms with Gasteiger partial charge in [0.2, 0.25) is 0 Å². The molecule has 2 nitrogen and oxygen atoms in total. The van der Waals surface area contributed by atoms with E-state index in [1.807, 2.05) is 0 Å². The Morgan fingerprint density at radius 1 is 1.29 bits per heavy atom. The number of likely N-dealkylation sites (N-methyl/N-ethyl adjacent to an activating group) is 1. The van der Waals surface area contributed by atoms with E-state index in [4.69, 9.17) is 0 Å². The summed E-state index contributed by atoms with van der Waals surface area (Å²) in [5.74, 6) is 0.738. The van der Waals surface area contributed by atoms with Crippen molar-refractivity contribution in [1.29, 1.82) is 0 Å². The average Bonchev–Trinajstić information content (AvgIpc) is 2.37. The van der Waals surface area contributed by atoms with E-state index in [1.165, 1.54) is 37.1 Å². The van der Waals surface area contributed by atoms with E-state index in [0.717, 1.165) is 19.0 Å². The summed E-state index contributed by atoms with van der Waals surface area (Å²) in [5, 5.41) is 3.36. The summed E-state index contributed by atoms with van der Waals surface area (Å²) in [6.07, 6.45) is 2.68. The molecule has 2 heteroatoms. The second-order valence-electron chi connectivity index (χ2n) is 5.12. The van der Waals surface area contributed by atoms with Crippen LogP contribution in [-0.4, -0.2) is 31.6 Å². The van der Waals surface area contributed by atoms with Gasteiger partial charge in [-0.1, -0.05) is 31.2 Å². The van der Waals surface area contributed by atoms with Crippen molar-refractivity contribution in [3.8, 4) is 0 Å². The summed E-state index contributed by atoms with van der Waals surface area (Å²) in [5.41, 5.74) is 2.90. The van der Waals surface area contributed by atoms with Crippen LogP contribution in [-0.2, 0) is 6.54 Å². The number of rotatable bonds is 4. The lowest BCUT2D eigenvalue weighted by molar-refractivity contribution is 0.251. The Kier molecular flexibility index (Phi) is 4.57. The molecule has 1 N–H and O–H groups in total. The van der Waals surface area contributed by atoms with Crippen LogP contribution in [0.2, 0.25) is 0 Å². The SMILES string of the molecule is CCNCc1ccc(C2CCCN(C)C2)cc1. The number of nitrogens with one attached hydrogen (secondary N) is 1. The molecule has 0 radical (unpaired) electrons. The molecule has 1 saturated heterocycles. The molecule has 1 unspecified atom stereocenters. The van der Waals surface area contributed by atoms with Crippen molar-refractivity contribution in [2.75, 3.05) is 26.7 Å². The highest BCUT2D eigenvalue weighted by Crippen LogP contribution is 2.26. The molecule has 2 rings (SSSR count). The highest BCUT2D eigenvalue weighted by molar-refractivity contribution is 5.26. The van der Waals surface area contributed by atoms with Gasteiger partial charge < -0.3 is 10.2 Å². The van der Waals surface area contributed by atoms with Crippen LogP contribution in [0.25, 0.3) is 0 Å². The molecule has 0 aliphatic carbocycles. The van der Waals surface area contributed by atoms with Gasteiger partial charge >= 0.3 is 0 Å². The molecule has 1 atom stereocenters. The van der Waals surface area contributed by atoms with Crippen LogP contribution in [0.1, 0.15) is 36.8 Å². The third-order valence-electron chi connectivity index (χ3n) is 3.65. The van der Waals surface area contributed by atoms with Crippen molar-refractivity contribution in [3.63, 3.8) is 0 Å². The van der Waals surface area contributed by atoms with E-state index in [-0.39, 0.29) is 0 Å². The Balaban J connectivity index is 1.96. The van der Waals surface area contributed by atoms with Gasteiger partial charge in [0.25, 0.3) is 0 Å².